The molecule has 0 saturated carbocycles. The van der Waals surface area contributed by atoms with Gasteiger partial charge in [0.15, 0.2) is 5.69 Å². The number of likely N-dealkylation sites (N-methyl/N-ethyl adjacent to an activating group) is 1. The summed E-state index contributed by atoms with van der Waals surface area (Å²) in [5, 5.41) is 10.9. The van der Waals surface area contributed by atoms with Crippen LogP contribution in [0.4, 0.5) is 0 Å². The van der Waals surface area contributed by atoms with Crippen molar-refractivity contribution in [1.82, 2.24) is 20.4 Å². The zero-order chi connectivity index (χ0) is 16.9. The van der Waals surface area contributed by atoms with E-state index in [1.54, 1.807) is 0 Å². The van der Waals surface area contributed by atoms with Gasteiger partial charge in [-0.15, -0.1) is 12.4 Å². The maximum atomic E-state index is 12.6. The van der Waals surface area contributed by atoms with E-state index in [1.807, 2.05) is 4.68 Å². The van der Waals surface area contributed by atoms with Crippen LogP contribution in [-0.4, -0.2) is 35.3 Å². The molecule has 0 bridgehead atoms. The number of carbonyl (C=O) groups is 1. The average molecular weight is 363 g/mol. The van der Waals surface area contributed by atoms with Gasteiger partial charge in [0.1, 0.15) is 0 Å². The van der Waals surface area contributed by atoms with Crippen LogP contribution in [0.2, 0.25) is 0 Å². The number of hydrogen-bond donors (Lipinski definition) is 2. The Morgan fingerprint density at radius 1 is 1.16 bits per heavy atom. The molecule has 1 amide bonds. The Kier molecular flexibility index (Phi) is 7.02. The van der Waals surface area contributed by atoms with E-state index in [-0.39, 0.29) is 18.3 Å². The molecule has 1 heterocycles. The second-order valence-electron chi connectivity index (χ2n) is 6.34. The maximum Gasteiger partial charge on any atom is 0.272 e. The van der Waals surface area contributed by atoms with Crippen LogP contribution in [0, 0.1) is 6.92 Å². The van der Waals surface area contributed by atoms with Gasteiger partial charge in [-0.05, 0) is 51.3 Å². The number of carbonyl (C=O) groups excluding carboxylic acids is 1. The molecule has 1 aromatic carbocycles. The third-order valence-corrected chi connectivity index (χ3v) is 4.51. The lowest BCUT2D eigenvalue weighted by Crippen LogP contribution is -2.32. The molecule has 0 atom stereocenters. The molecule has 2 aromatic rings. The molecule has 1 aliphatic carbocycles. The minimum absolute atomic E-state index is 0. The van der Waals surface area contributed by atoms with Crippen LogP contribution < -0.4 is 10.6 Å². The number of aryl methyl sites for hydroxylation is 1. The van der Waals surface area contributed by atoms with E-state index in [9.17, 15) is 4.79 Å². The van der Waals surface area contributed by atoms with Crippen LogP contribution in [0.3, 0.4) is 0 Å². The molecule has 0 unspecified atom stereocenters. The van der Waals surface area contributed by atoms with Gasteiger partial charge in [-0.2, -0.15) is 5.10 Å². The summed E-state index contributed by atoms with van der Waals surface area (Å²) >= 11 is 0. The van der Waals surface area contributed by atoms with Crippen LogP contribution in [0.25, 0.3) is 5.69 Å². The van der Waals surface area contributed by atoms with Gasteiger partial charge in [-0.1, -0.05) is 24.6 Å². The topological polar surface area (TPSA) is 58.9 Å². The molecule has 136 valence electrons. The highest BCUT2D eigenvalue weighted by molar-refractivity contribution is 5.94. The Labute approximate surface area is 155 Å². The SMILES string of the molecule is CCNCCNC(=O)c1nn(-c2ccc(C)cc2)c2c1CCCC2.Cl. The molecule has 2 N–H and O–H groups in total. The summed E-state index contributed by atoms with van der Waals surface area (Å²) < 4.78 is 1.97. The summed E-state index contributed by atoms with van der Waals surface area (Å²) in [6, 6.07) is 8.32. The van der Waals surface area contributed by atoms with Crippen LogP contribution in [0.1, 0.15) is 47.1 Å². The first-order chi connectivity index (χ1) is 11.7. The normalized spacial score (nSPS) is 13.0. The highest BCUT2D eigenvalue weighted by Crippen LogP contribution is 2.27. The highest BCUT2D eigenvalue weighted by Gasteiger charge is 2.25. The van der Waals surface area contributed by atoms with Gasteiger partial charge in [-0.25, -0.2) is 4.68 Å². The Morgan fingerprint density at radius 3 is 2.60 bits per heavy atom. The number of halogens is 1. The Hall–Kier alpha value is -1.85. The van der Waals surface area contributed by atoms with Gasteiger partial charge in [-0.3, -0.25) is 4.79 Å². The fraction of sp³-hybridized carbons (Fsp3) is 0.474. The summed E-state index contributed by atoms with van der Waals surface area (Å²) in [5.74, 6) is -0.0584. The molecule has 0 spiro atoms. The van der Waals surface area contributed by atoms with E-state index < -0.39 is 0 Å². The van der Waals surface area contributed by atoms with Gasteiger partial charge < -0.3 is 10.6 Å². The van der Waals surface area contributed by atoms with Crippen molar-refractivity contribution >= 4 is 18.3 Å². The fourth-order valence-corrected chi connectivity index (χ4v) is 3.21. The number of rotatable bonds is 6. The molecule has 0 aliphatic heterocycles. The van der Waals surface area contributed by atoms with Crippen molar-refractivity contribution in [2.45, 2.75) is 39.5 Å². The number of nitrogens with zero attached hydrogens (tertiary/aromatic N) is 2. The van der Waals surface area contributed by atoms with Crippen LogP contribution in [-0.2, 0) is 12.8 Å². The number of fused-ring (bicyclic) bond motifs is 1. The van der Waals surface area contributed by atoms with Crippen LogP contribution in [0.5, 0.6) is 0 Å². The van der Waals surface area contributed by atoms with Crippen LogP contribution in [0.15, 0.2) is 24.3 Å². The van der Waals surface area contributed by atoms with Crippen molar-refractivity contribution in [1.29, 1.82) is 0 Å². The highest BCUT2D eigenvalue weighted by atomic mass is 35.5. The molecule has 0 saturated heterocycles. The number of hydrogen-bond acceptors (Lipinski definition) is 3. The van der Waals surface area contributed by atoms with Crippen molar-refractivity contribution in [3.8, 4) is 5.69 Å². The van der Waals surface area contributed by atoms with Crippen molar-refractivity contribution in [3.63, 3.8) is 0 Å². The molecule has 1 aromatic heterocycles. The summed E-state index contributed by atoms with van der Waals surface area (Å²) in [7, 11) is 0. The summed E-state index contributed by atoms with van der Waals surface area (Å²) in [5.41, 5.74) is 5.18. The summed E-state index contributed by atoms with van der Waals surface area (Å²) in [4.78, 5) is 12.6. The molecule has 0 radical (unpaired) electrons. The second-order valence-corrected chi connectivity index (χ2v) is 6.34. The van der Waals surface area contributed by atoms with E-state index in [2.05, 4.69) is 53.8 Å². The Balaban J connectivity index is 0.00000225. The maximum absolute atomic E-state index is 12.6. The zero-order valence-corrected chi connectivity index (χ0v) is 15.8. The van der Waals surface area contributed by atoms with Gasteiger partial charge in [0.05, 0.1) is 5.69 Å². The molecule has 0 fully saturated rings. The molecular formula is C19H27ClN4O. The Morgan fingerprint density at radius 2 is 1.88 bits per heavy atom. The predicted octanol–water partition coefficient (Wildman–Crippen LogP) is 2.82. The van der Waals surface area contributed by atoms with Gasteiger partial charge in [0.2, 0.25) is 0 Å². The summed E-state index contributed by atoms with van der Waals surface area (Å²) in [6.45, 7) is 6.45. The number of amides is 1. The smallest absolute Gasteiger partial charge is 0.272 e. The predicted molar refractivity (Wildman–Crippen MR) is 103 cm³/mol. The van der Waals surface area contributed by atoms with Crippen molar-refractivity contribution in [2.75, 3.05) is 19.6 Å². The molecule has 5 nitrogen and oxygen atoms in total. The minimum Gasteiger partial charge on any atom is -0.349 e. The third kappa shape index (κ3) is 4.41. The third-order valence-electron chi connectivity index (χ3n) is 4.51. The zero-order valence-electron chi connectivity index (χ0n) is 15.0. The number of nitrogens with one attached hydrogen (secondary N) is 2. The average Bonchev–Trinajstić information content (AvgIpc) is 2.99. The van der Waals surface area contributed by atoms with E-state index in [4.69, 9.17) is 0 Å². The molecule has 3 rings (SSSR count). The van der Waals surface area contributed by atoms with Crippen molar-refractivity contribution in [3.05, 3.63) is 46.8 Å². The van der Waals surface area contributed by atoms with E-state index in [1.165, 1.54) is 11.3 Å². The molecule has 6 heteroatoms. The minimum atomic E-state index is -0.0584. The van der Waals surface area contributed by atoms with E-state index in [0.29, 0.717) is 12.2 Å². The van der Waals surface area contributed by atoms with Crippen molar-refractivity contribution < 1.29 is 4.79 Å². The first kappa shape index (κ1) is 19.5. The second kappa shape index (κ2) is 9.02. The Bertz CT molecular complexity index is 709. The standard InChI is InChI=1S/C19H26N4O.ClH/c1-3-20-12-13-21-19(24)18-16-6-4-5-7-17(16)23(22-18)15-10-8-14(2)9-11-15;/h8-11,20H,3-7,12-13H2,1-2H3,(H,21,24);1H. The lowest BCUT2D eigenvalue weighted by molar-refractivity contribution is 0.0947. The molecule has 25 heavy (non-hydrogen) atoms. The lowest BCUT2D eigenvalue weighted by Gasteiger charge is -2.14. The van der Waals surface area contributed by atoms with Gasteiger partial charge in [0, 0.05) is 24.3 Å². The van der Waals surface area contributed by atoms with Crippen LogP contribution >= 0.6 is 12.4 Å². The fourth-order valence-electron chi connectivity index (χ4n) is 3.21. The van der Waals surface area contributed by atoms with E-state index >= 15 is 0 Å². The summed E-state index contributed by atoms with van der Waals surface area (Å²) in [6.07, 6.45) is 4.22. The van der Waals surface area contributed by atoms with Crippen molar-refractivity contribution in [2.24, 2.45) is 0 Å². The largest absolute Gasteiger partial charge is 0.349 e. The first-order valence-electron chi connectivity index (χ1n) is 8.87. The first-order valence-corrected chi connectivity index (χ1v) is 8.87. The monoisotopic (exact) mass is 362 g/mol. The lowest BCUT2D eigenvalue weighted by atomic mass is 9.95. The van der Waals surface area contributed by atoms with Gasteiger partial charge >= 0.3 is 0 Å². The number of benzene rings is 1. The quantitative estimate of drug-likeness (QED) is 0.777. The molecule has 1 aliphatic rings. The number of aromatic nitrogens is 2. The molecular weight excluding hydrogens is 336 g/mol. The van der Waals surface area contributed by atoms with Gasteiger partial charge in [0.25, 0.3) is 5.91 Å². The van der Waals surface area contributed by atoms with E-state index in [0.717, 1.165) is 50.0 Å².